The zero-order valence-electron chi connectivity index (χ0n) is 10.6. The lowest BCUT2D eigenvalue weighted by atomic mass is 10.5. The quantitative estimate of drug-likeness (QED) is 0.779. The van der Waals surface area contributed by atoms with Gasteiger partial charge < -0.3 is 19.7 Å². The van der Waals surface area contributed by atoms with Gasteiger partial charge in [-0.25, -0.2) is 0 Å². The normalized spacial score (nSPS) is 10.2. The summed E-state index contributed by atoms with van der Waals surface area (Å²) in [6, 6.07) is 1.55. The molecule has 2 aromatic rings. The third-order valence-corrected chi connectivity index (χ3v) is 2.17. The van der Waals surface area contributed by atoms with Crippen LogP contribution >= 0.6 is 0 Å². The second-order valence-electron chi connectivity index (χ2n) is 3.93. The number of carboxylic acids is 1. The first kappa shape index (κ1) is 13.6. The van der Waals surface area contributed by atoms with Crippen molar-refractivity contribution in [2.45, 2.75) is 13.5 Å². The zero-order chi connectivity index (χ0) is 14.5. The Morgan fingerprint density at radius 3 is 3.00 bits per heavy atom. The highest BCUT2D eigenvalue weighted by Crippen LogP contribution is 2.10. The van der Waals surface area contributed by atoms with E-state index in [-0.39, 0.29) is 19.0 Å². The Hall–Kier alpha value is -2.84. The lowest BCUT2D eigenvalue weighted by Crippen LogP contribution is -2.20. The van der Waals surface area contributed by atoms with Crippen molar-refractivity contribution in [3.05, 3.63) is 24.2 Å². The van der Waals surface area contributed by atoms with Gasteiger partial charge in [-0.15, -0.1) is 0 Å². The van der Waals surface area contributed by atoms with Crippen molar-refractivity contribution in [3.8, 4) is 5.88 Å². The molecule has 0 aliphatic carbocycles. The summed E-state index contributed by atoms with van der Waals surface area (Å²) in [6.45, 7) is 1.19. The maximum absolute atomic E-state index is 11.6. The van der Waals surface area contributed by atoms with Crippen LogP contribution in [0.1, 0.15) is 5.76 Å². The van der Waals surface area contributed by atoms with E-state index in [1.165, 1.54) is 17.1 Å². The van der Waals surface area contributed by atoms with Gasteiger partial charge in [-0.2, -0.15) is 5.10 Å². The molecule has 0 radical (unpaired) electrons. The van der Waals surface area contributed by atoms with Crippen molar-refractivity contribution in [2.75, 3.05) is 11.9 Å². The molecule has 9 heteroatoms. The van der Waals surface area contributed by atoms with E-state index in [4.69, 9.17) is 14.4 Å². The Morgan fingerprint density at radius 2 is 2.35 bits per heavy atom. The molecule has 2 heterocycles. The van der Waals surface area contributed by atoms with Crippen LogP contribution in [0.3, 0.4) is 0 Å². The van der Waals surface area contributed by atoms with E-state index in [9.17, 15) is 9.59 Å². The van der Waals surface area contributed by atoms with Crippen LogP contribution in [0, 0.1) is 6.92 Å². The third kappa shape index (κ3) is 3.83. The minimum absolute atomic E-state index is 0.222. The van der Waals surface area contributed by atoms with E-state index in [2.05, 4.69) is 15.6 Å². The van der Waals surface area contributed by atoms with Crippen molar-refractivity contribution in [1.82, 2.24) is 14.9 Å². The van der Waals surface area contributed by atoms with E-state index < -0.39 is 11.9 Å². The van der Waals surface area contributed by atoms with Crippen molar-refractivity contribution in [1.29, 1.82) is 0 Å². The number of carbonyl (C=O) groups excluding carboxylic acids is 1. The summed E-state index contributed by atoms with van der Waals surface area (Å²) in [4.78, 5) is 22.1. The number of hydrogen-bond acceptors (Lipinski definition) is 6. The van der Waals surface area contributed by atoms with Gasteiger partial charge in [-0.05, 0) is 12.1 Å². The second-order valence-corrected chi connectivity index (χ2v) is 3.93. The maximum Gasteiger partial charge on any atom is 0.325 e. The van der Waals surface area contributed by atoms with Gasteiger partial charge in [0, 0.05) is 12.3 Å². The van der Waals surface area contributed by atoms with Crippen LogP contribution in [0.4, 0.5) is 5.69 Å². The number of carboxylic acid groups (broad SMARTS) is 1. The molecule has 2 N–H and O–H groups in total. The van der Waals surface area contributed by atoms with Gasteiger partial charge in [0.15, 0.2) is 6.61 Å². The first-order valence-corrected chi connectivity index (χ1v) is 5.63. The standard InChI is InChI=1S/C11H12N4O5/c1-7-2-10(14-20-7)19-6-9(16)13-8-3-12-15(4-8)5-11(17)18/h2-4H,5-6H2,1H3,(H,13,16)(H,17,18). The molecule has 0 aliphatic rings. The van der Waals surface area contributed by atoms with Gasteiger partial charge in [0.2, 0.25) is 0 Å². The summed E-state index contributed by atoms with van der Waals surface area (Å²) in [7, 11) is 0. The SMILES string of the molecule is Cc1cc(OCC(=O)Nc2cnn(CC(=O)O)c2)no1. The number of hydrogen-bond donors (Lipinski definition) is 2. The predicted molar refractivity (Wildman–Crippen MR) is 65.2 cm³/mol. The Morgan fingerprint density at radius 1 is 1.55 bits per heavy atom. The molecular weight excluding hydrogens is 268 g/mol. The molecule has 20 heavy (non-hydrogen) atoms. The van der Waals surface area contributed by atoms with Gasteiger partial charge in [-0.3, -0.25) is 14.3 Å². The number of anilines is 1. The lowest BCUT2D eigenvalue weighted by Gasteiger charge is -2.02. The lowest BCUT2D eigenvalue weighted by molar-refractivity contribution is -0.137. The first-order chi connectivity index (χ1) is 9.52. The van der Waals surface area contributed by atoms with Crippen LogP contribution in [-0.4, -0.2) is 38.5 Å². The van der Waals surface area contributed by atoms with E-state index >= 15 is 0 Å². The van der Waals surface area contributed by atoms with E-state index in [0.29, 0.717) is 11.4 Å². The molecule has 0 aromatic carbocycles. The molecule has 0 unspecified atom stereocenters. The molecule has 0 spiro atoms. The number of carbonyl (C=O) groups is 2. The van der Waals surface area contributed by atoms with Gasteiger partial charge in [0.05, 0.1) is 11.9 Å². The Bertz CT molecular complexity index is 618. The molecular formula is C11H12N4O5. The van der Waals surface area contributed by atoms with Gasteiger partial charge in [-0.1, -0.05) is 0 Å². The number of nitrogens with zero attached hydrogens (tertiary/aromatic N) is 3. The average Bonchev–Trinajstić information content (AvgIpc) is 2.95. The Labute approximate surface area is 113 Å². The van der Waals surface area contributed by atoms with Crippen LogP contribution in [-0.2, 0) is 16.1 Å². The minimum Gasteiger partial charge on any atom is -0.480 e. The van der Waals surface area contributed by atoms with Crippen molar-refractivity contribution in [2.24, 2.45) is 0 Å². The molecule has 2 rings (SSSR count). The van der Waals surface area contributed by atoms with E-state index in [1.807, 2.05) is 0 Å². The Balaban J connectivity index is 1.82. The molecule has 1 amide bonds. The fourth-order valence-electron chi connectivity index (χ4n) is 1.40. The number of ether oxygens (including phenoxy) is 1. The first-order valence-electron chi connectivity index (χ1n) is 5.63. The molecule has 0 fully saturated rings. The van der Waals surface area contributed by atoms with Crippen LogP contribution in [0.25, 0.3) is 0 Å². The van der Waals surface area contributed by atoms with E-state index in [1.54, 1.807) is 13.0 Å². The minimum atomic E-state index is -1.02. The smallest absolute Gasteiger partial charge is 0.325 e. The van der Waals surface area contributed by atoms with Crippen LogP contribution in [0.2, 0.25) is 0 Å². The number of aliphatic carboxylic acids is 1. The number of rotatable bonds is 6. The summed E-state index contributed by atoms with van der Waals surface area (Å²) in [5.41, 5.74) is 0.385. The molecule has 0 atom stereocenters. The highest BCUT2D eigenvalue weighted by atomic mass is 16.5. The van der Waals surface area contributed by atoms with Crippen molar-refractivity contribution >= 4 is 17.6 Å². The van der Waals surface area contributed by atoms with Gasteiger partial charge in [0.25, 0.3) is 11.8 Å². The number of aromatic nitrogens is 3. The van der Waals surface area contributed by atoms with Gasteiger partial charge >= 0.3 is 5.97 Å². The largest absolute Gasteiger partial charge is 0.480 e. The molecule has 9 nitrogen and oxygen atoms in total. The summed E-state index contributed by atoms with van der Waals surface area (Å²) in [6.07, 6.45) is 2.76. The maximum atomic E-state index is 11.6. The molecule has 0 saturated heterocycles. The predicted octanol–water partition coefficient (Wildman–Crippen LogP) is 0.282. The fourth-order valence-corrected chi connectivity index (χ4v) is 1.40. The second kappa shape index (κ2) is 5.87. The topological polar surface area (TPSA) is 119 Å². The molecule has 0 saturated carbocycles. The Kier molecular flexibility index (Phi) is 3.99. The molecule has 0 aliphatic heterocycles. The summed E-state index contributed by atoms with van der Waals surface area (Å²) in [5, 5.41) is 18.5. The van der Waals surface area contributed by atoms with Crippen LogP contribution in [0.5, 0.6) is 5.88 Å². The highest BCUT2D eigenvalue weighted by Gasteiger charge is 2.08. The monoisotopic (exact) mass is 280 g/mol. The molecule has 106 valence electrons. The molecule has 2 aromatic heterocycles. The molecule has 0 bridgehead atoms. The fraction of sp³-hybridized carbons (Fsp3) is 0.273. The number of amides is 1. The summed E-state index contributed by atoms with van der Waals surface area (Å²) in [5.74, 6) is -0.634. The van der Waals surface area contributed by atoms with Crippen molar-refractivity contribution in [3.63, 3.8) is 0 Å². The average molecular weight is 280 g/mol. The summed E-state index contributed by atoms with van der Waals surface area (Å²) >= 11 is 0. The zero-order valence-corrected chi connectivity index (χ0v) is 10.6. The summed E-state index contributed by atoms with van der Waals surface area (Å²) < 4.78 is 11.1. The van der Waals surface area contributed by atoms with Crippen molar-refractivity contribution < 1.29 is 24.0 Å². The third-order valence-electron chi connectivity index (χ3n) is 2.17. The number of aryl methyl sites for hydroxylation is 1. The highest BCUT2D eigenvalue weighted by molar-refractivity contribution is 5.91. The van der Waals surface area contributed by atoms with E-state index in [0.717, 1.165) is 0 Å². The van der Waals surface area contributed by atoms with Crippen LogP contribution in [0.15, 0.2) is 23.0 Å². The van der Waals surface area contributed by atoms with Crippen LogP contribution < -0.4 is 10.1 Å². The number of nitrogens with one attached hydrogen (secondary N) is 1. The van der Waals surface area contributed by atoms with Gasteiger partial charge in [0.1, 0.15) is 12.3 Å².